The molecule has 1 aromatic rings. The quantitative estimate of drug-likeness (QED) is 0.320. The number of aryl methyl sites for hydroxylation is 1. The molecule has 0 amide bonds. The fourth-order valence-electron chi connectivity index (χ4n) is 1.96. The SMILES string of the molecule is Cc1ncc(COP(=O)(O)O)c(CN[C@@](C)(CC(=O)O)C(=O)O)c1O. The summed E-state index contributed by atoms with van der Waals surface area (Å²) >= 11 is 0. The Kier molecular flexibility index (Phi) is 6.63. The second kappa shape index (κ2) is 7.89. The Bertz CT molecular complexity index is 718. The molecule has 0 saturated heterocycles. The highest BCUT2D eigenvalue weighted by Gasteiger charge is 2.35. The largest absolute Gasteiger partial charge is 0.506 e. The van der Waals surface area contributed by atoms with Gasteiger partial charge in [0.15, 0.2) is 0 Å². The number of hydrogen-bond acceptors (Lipinski definition) is 7. The average molecular weight is 378 g/mol. The highest BCUT2D eigenvalue weighted by Crippen LogP contribution is 2.38. The smallest absolute Gasteiger partial charge is 0.469 e. The van der Waals surface area contributed by atoms with Gasteiger partial charge in [-0.3, -0.25) is 24.4 Å². The van der Waals surface area contributed by atoms with Crippen LogP contribution < -0.4 is 5.32 Å². The van der Waals surface area contributed by atoms with E-state index in [2.05, 4.69) is 14.8 Å². The zero-order valence-electron chi connectivity index (χ0n) is 13.5. The van der Waals surface area contributed by atoms with Gasteiger partial charge in [-0.2, -0.15) is 0 Å². The minimum atomic E-state index is -4.77. The van der Waals surface area contributed by atoms with Crippen molar-refractivity contribution >= 4 is 19.8 Å². The number of aliphatic carboxylic acids is 2. The maximum Gasteiger partial charge on any atom is 0.469 e. The van der Waals surface area contributed by atoms with E-state index in [0.29, 0.717) is 0 Å². The molecule has 25 heavy (non-hydrogen) atoms. The number of carbonyl (C=O) groups is 2. The molecule has 12 heteroatoms. The lowest BCUT2D eigenvalue weighted by Gasteiger charge is -2.25. The molecule has 1 heterocycles. The fraction of sp³-hybridized carbons (Fsp3) is 0.462. The summed E-state index contributed by atoms with van der Waals surface area (Å²) in [5.41, 5.74) is -1.41. The van der Waals surface area contributed by atoms with Gasteiger partial charge in [-0.15, -0.1) is 0 Å². The first-order valence-corrected chi connectivity index (χ1v) is 8.45. The number of carboxylic acids is 2. The molecular weight excluding hydrogens is 359 g/mol. The molecule has 0 aliphatic heterocycles. The first kappa shape index (κ1) is 21.0. The van der Waals surface area contributed by atoms with Gasteiger partial charge in [0.25, 0.3) is 0 Å². The van der Waals surface area contributed by atoms with Crippen molar-refractivity contribution in [2.75, 3.05) is 0 Å². The Hall–Kier alpha value is -2.04. The number of nitrogens with zero attached hydrogens (tertiary/aromatic N) is 1. The molecule has 0 radical (unpaired) electrons. The highest BCUT2D eigenvalue weighted by atomic mass is 31.2. The van der Waals surface area contributed by atoms with E-state index in [1.807, 2.05) is 0 Å². The van der Waals surface area contributed by atoms with Crippen LogP contribution in [0.2, 0.25) is 0 Å². The van der Waals surface area contributed by atoms with Gasteiger partial charge in [0.05, 0.1) is 18.7 Å². The molecule has 1 atom stereocenters. The number of pyridine rings is 1. The molecule has 11 nitrogen and oxygen atoms in total. The van der Waals surface area contributed by atoms with Crippen LogP contribution in [0.5, 0.6) is 5.75 Å². The number of phosphoric acid groups is 1. The van der Waals surface area contributed by atoms with Crippen molar-refractivity contribution in [1.29, 1.82) is 0 Å². The summed E-state index contributed by atoms with van der Waals surface area (Å²) in [5, 5.41) is 30.7. The van der Waals surface area contributed by atoms with E-state index in [1.54, 1.807) is 0 Å². The predicted octanol–water partition coefficient (Wildman–Crippen LogP) is 0.113. The van der Waals surface area contributed by atoms with Crippen LogP contribution in [-0.4, -0.2) is 47.6 Å². The second-order valence-corrected chi connectivity index (χ2v) is 6.76. The highest BCUT2D eigenvalue weighted by molar-refractivity contribution is 7.46. The Morgan fingerprint density at radius 1 is 1.36 bits per heavy atom. The summed E-state index contributed by atoms with van der Waals surface area (Å²) in [7, 11) is -4.77. The van der Waals surface area contributed by atoms with Gasteiger partial charge < -0.3 is 25.1 Å². The van der Waals surface area contributed by atoms with Crippen LogP contribution >= 0.6 is 7.82 Å². The topological polar surface area (TPSA) is 187 Å². The Morgan fingerprint density at radius 2 is 1.96 bits per heavy atom. The monoisotopic (exact) mass is 378 g/mol. The van der Waals surface area contributed by atoms with Gasteiger partial charge >= 0.3 is 19.8 Å². The summed E-state index contributed by atoms with van der Waals surface area (Å²) in [6.07, 6.45) is 0.499. The van der Waals surface area contributed by atoms with Crippen LogP contribution in [0.25, 0.3) is 0 Å². The van der Waals surface area contributed by atoms with Crippen molar-refractivity contribution in [2.24, 2.45) is 0 Å². The normalized spacial score (nSPS) is 14.1. The number of aromatic hydroxyl groups is 1. The van der Waals surface area contributed by atoms with Crippen LogP contribution in [0, 0.1) is 6.92 Å². The minimum Gasteiger partial charge on any atom is -0.506 e. The fourth-order valence-corrected chi connectivity index (χ4v) is 2.27. The number of carboxylic acid groups (broad SMARTS) is 2. The molecule has 0 fully saturated rings. The summed E-state index contributed by atoms with van der Waals surface area (Å²) in [6.45, 7) is 1.77. The first-order valence-electron chi connectivity index (χ1n) is 6.92. The Balaban J connectivity index is 3.10. The van der Waals surface area contributed by atoms with Crippen LogP contribution in [0.3, 0.4) is 0 Å². The molecule has 0 spiro atoms. The van der Waals surface area contributed by atoms with E-state index in [1.165, 1.54) is 20.0 Å². The zero-order valence-corrected chi connectivity index (χ0v) is 14.4. The molecule has 1 aromatic heterocycles. The van der Waals surface area contributed by atoms with Gasteiger partial charge in [0.1, 0.15) is 11.3 Å². The van der Waals surface area contributed by atoms with E-state index in [4.69, 9.17) is 14.9 Å². The van der Waals surface area contributed by atoms with Crippen LogP contribution in [0.4, 0.5) is 0 Å². The molecule has 140 valence electrons. The number of aromatic nitrogens is 1. The maximum absolute atomic E-state index is 11.3. The third-order valence-electron chi connectivity index (χ3n) is 3.45. The molecule has 0 aromatic carbocycles. The number of rotatable bonds is 9. The predicted molar refractivity (Wildman–Crippen MR) is 82.6 cm³/mol. The lowest BCUT2D eigenvalue weighted by Crippen LogP contribution is -2.50. The van der Waals surface area contributed by atoms with Gasteiger partial charge in [-0.25, -0.2) is 4.57 Å². The Labute approximate surface area is 142 Å². The lowest BCUT2D eigenvalue weighted by molar-refractivity contribution is -0.150. The van der Waals surface area contributed by atoms with Crippen molar-refractivity contribution < 1.29 is 43.8 Å². The van der Waals surface area contributed by atoms with Gasteiger partial charge in [0.2, 0.25) is 0 Å². The standard InChI is InChI=1S/C13H19N2O9P/c1-7-11(18)9(8(4-14-7)6-24-25(21,22)23)5-15-13(2,12(19)20)3-10(16)17/h4,15,18H,3,5-6H2,1-2H3,(H,16,17)(H,19,20)(H2,21,22,23)/t13-/m0/s1. The maximum atomic E-state index is 11.3. The minimum absolute atomic E-state index is 0.0961. The van der Waals surface area contributed by atoms with Crippen molar-refractivity contribution in [2.45, 2.75) is 39.0 Å². The molecule has 0 bridgehead atoms. The van der Waals surface area contributed by atoms with E-state index in [-0.39, 0.29) is 29.1 Å². The summed E-state index contributed by atoms with van der Waals surface area (Å²) in [6, 6.07) is 0. The number of phosphoric ester groups is 1. The van der Waals surface area contributed by atoms with E-state index >= 15 is 0 Å². The van der Waals surface area contributed by atoms with E-state index in [0.717, 1.165) is 0 Å². The van der Waals surface area contributed by atoms with Crippen molar-refractivity contribution in [3.8, 4) is 5.75 Å². The number of nitrogens with one attached hydrogen (secondary N) is 1. The molecule has 6 N–H and O–H groups in total. The van der Waals surface area contributed by atoms with Crippen molar-refractivity contribution in [3.63, 3.8) is 0 Å². The third kappa shape index (κ3) is 6.07. The first-order chi connectivity index (χ1) is 11.4. The third-order valence-corrected chi connectivity index (χ3v) is 3.92. The average Bonchev–Trinajstić information content (AvgIpc) is 2.45. The summed E-state index contributed by atoms with van der Waals surface area (Å²) in [5.74, 6) is -3.06. The summed E-state index contributed by atoms with van der Waals surface area (Å²) in [4.78, 5) is 43.6. The molecule has 0 saturated carbocycles. The zero-order chi connectivity index (χ0) is 19.4. The van der Waals surface area contributed by atoms with Crippen LogP contribution in [0.15, 0.2) is 6.20 Å². The molecule has 0 aliphatic rings. The van der Waals surface area contributed by atoms with Crippen molar-refractivity contribution in [1.82, 2.24) is 10.3 Å². The second-order valence-electron chi connectivity index (χ2n) is 5.52. The lowest BCUT2D eigenvalue weighted by atomic mass is 9.97. The van der Waals surface area contributed by atoms with Gasteiger partial charge in [0, 0.05) is 23.9 Å². The molecule has 0 unspecified atom stereocenters. The van der Waals surface area contributed by atoms with Crippen molar-refractivity contribution in [3.05, 3.63) is 23.0 Å². The summed E-state index contributed by atoms with van der Waals surface area (Å²) < 4.78 is 15.2. The Morgan fingerprint density at radius 3 is 2.44 bits per heavy atom. The van der Waals surface area contributed by atoms with Crippen LogP contribution in [-0.2, 0) is 31.8 Å². The van der Waals surface area contributed by atoms with Gasteiger partial charge in [-0.1, -0.05) is 0 Å². The van der Waals surface area contributed by atoms with E-state index in [9.17, 15) is 24.4 Å². The molecular formula is C13H19N2O9P. The van der Waals surface area contributed by atoms with Gasteiger partial charge in [-0.05, 0) is 13.8 Å². The molecule has 1 rings (SSSR count). The number of hydrogen-bond donors (Lipinski definition) is 6. The van der Waals surface area contributed by atoms with E-state index < -0.39 is 38.3 Å². The molecule has 0 aliphatic carbocycles. The van der Waals surface area contributed by atoms with Crippen LogP contribution in [0.1, 0.15) is 30.2 Å².